The predicted molar refractivity (Wildman–Crippen MR) is 94.6 cm³/mol. The number of aryl methyl sites for hydroxylation is 2. The molecule has 0 saturated carbocycles. The van der Waals surface area contributed by atoms with E-state index in [0.717, 1.165) is 17.7 Å². The first-order chi connectivity index (χ1) is 11.5. The van der Waals surface area contributed by atoms with Gasteiger partial charge in [-0.2, -0.15) is 0 Å². The van der Waals surface area contributed by atoms with Gasteiger partial charge in [0.25, 0.3) is 5.91 Å². The van der Waals surface area contributed by atoms with Gasteiger partial charge >= 0.3 is 0 Å². The van der Waals surface area contributed by atoms with Gasteiger partial charge in [0.15, 0.2) is 11.5 Å². The second-order valence-corrected chi connectivity index (χ2v) is 5.37. The van der Waals surface area contributed by atoms with Crippen molar-refractivity contribution in [3.63, 3.8) is 0 Å². The Labute approximate surface area is 142 Å². The van der Waals surface area contributed by atoms with Gasteiger partial charge < -0.3 is 19.5 Å². The molecule has 2 aromatic carbocycles. The number of ether oxygens (including phenoxy) is 3. The lowest BCUT2D eigenvalue weighted by molar-refractivity contribution is 0.102. The molecular weight excluding hydrogens is 306 g/mol. The fourth-order valence-corrected chi connectivity index (χ4v) is 2.43. The summed E-state index contributed by atoms with van der Waals surface area (Å²) in [6, 6.07) is 9.32. The maximum absolute atomic E-state index is 12.6. The van der Waals surface area contributed by atoms with Crippen molar-refractivity contribution in [3.05, 3.63) is 47.0 Å². The second kappa shape index (κ2) is 7.73. The monoisotopic (exact) mass is 329 g/mol. The van der Waals surface area contributed by atoms with Gasteiger partial charge in [-0.25, -0.2) is 0 Å². The van der Waals surface area contributed by atoms with E-state index in [1.807, 2.05) is 19.1 Å². The Balaban J connectivity index is 2.36. The number of hydrogen-bond donors (Lipinski definition) is 1. The maximum atomic E-state index is 12.6. The van der Waals surface area contributed by atoms with Gasteiger partial charge in [0.05, 0.1) is 21.3 Å². The Kier molecular flexibility index (Phi) is 5.68. The minimum atomic E-state index is -0.231. The summed E-state index contributed by atoms with van der Waals surface area (Å²) in [7, 11) is 4.57. The van der Waals surface area contributed by atoms with Crippen LogP contribution in [0.4, 0.5) is 5.69 Å². The number of nitrogens with one attached hydrogen (secondary N) is 1. The van der Waals surface area contributed by atoms with Crippen LogP contribution in [0.1, 0.15) is 28.4 Å². The van der Waals surface area contributed by atoms with Gasteiger partial charge in [-0.3, -0.25) is 4.79 Å². The molecule has 0 fully saturated rings. The highest BCUT2D eigenvalue weighted by Gasteiger charge is 2.17. The molecule has 5 heteroatoms. The molecular formula is C19H23NO4. The highest BCUT2D eigenvalue weighted by atomic mass is 16.5. The second-order valence-electron chi connectivity index (χ2n) is 5.37. The first-order valence-electron chi connectivity index (χ1n) is 7.74. The number of rotatable bonds is 6. The van der Waals surface area contributed by atoms with Crippen molar-refractivity contribution in [1.29, 1.82) is 0 Å². The fraction of sp³-hybridized carbons (Fsp3) is 0.316. The lowest BCUT2D eigenvalue weighted by Gasteiger charge is -2.15. The Hall–Kier alpha value is -2.69. The Morgan fingerprint density at radius 1 is 1.00 bits per heavy atom. The molecule has 128 valence electrons. The van der Waals surface area contributed by atoms with Crippen LogP contribution in [-0.4, -0.2) is 27.2 Å². The molecule has 1 N–H and O–H groups in total. The first-order valence-corrected chi connectivity index (χ1v) is 7.74. The highest BCUT2D eigenvalue weighted by Crippen LogP contribution is 2.38. The molecule has 24 heavy (non-hydrogen) atoms. The summed E-state index contributed by atoms with van der Waals surface area (Å²) >= 11 is 0. The molecule has 0 bridgehead atoms. The zero-order valence-corrected chi connectivity index (χ0v) is 14.7. The predicted octanol–water partition coefficient (Wildman–Crippen LogP) is 3.84. The fourth-order valence-electron chi connectivity index (χ4n) is 2.43. The van der Waals surface area contributed by atoms with Crippen LogP contribution < -0.4 is 19.5 Å². The van der Waals surface area contributed by atoms with Gasteiger partial charge in [-0.15, -0.1) is 0 Å². The van der Waals surface area contributed by atoms with Crippen molar-refractivity contribution >= 4 is 11.6 Å². The van der Waals surface area contributed by atoms with Gasteiger partial charge in [0, 0.05) is 11.3 Å². The topological polar surface area (TPSA) is 56.8 Å². The zero-order valence-electron chi connectivity index (χ0n) is 14.7. The van der Waals surface area contributed by atoms with E-state index in [0.29, 0.717) is 22.8 Å². The van der Waals surface area contributed by atoms with Gasteiger partial charge in [0.1, 0.15) is 0 Å². The summed E-state index contributed by atoms with van der Waals surface area (Å²) in [4.78, 5) is 12.6. The van der Waals surface area contributed by atoms with Crippen molar-refractivity contribution in [2.24, 2.45) is 0 Å². The summed E-state index contributed by atoms with van der Waals surface area (Å²) in [5.41, 5.74) is 3.41. The van der Waals surface area contributed by atoms with Crippen LogP contribution in [0, 0.1) is 6.92 Å². The highest BCUT2D eigenvalue weighted by molar-refractivity contribution is 6.05. The largest absolute Gasteiger partial charge is 0.493 e. The third-order valence-electron chi connectivity index (χ3n) is 3.89. The zero-order chi connectivity index (χ0) is 17.7. The molecule has 1 amide bonds. The van der Waals surface area contributed by atoms with Gasteiger partial charge in [0.2, 0.25) is 5.75 Å². The molecule has 2 rings (SSSR count). The SMILES string of the molecule is CCc1ccc(C)c(NC(=O)c2cc(OC)c(OC)c(OC)c2)c1. The Morgan fingerprint density at radius 3 is 2.12 bits per heavy atom. The molecule has 0 unspecified atom stereocenters. The molecule has 5 nitrogen and oxygen atoms in total. The van der Waals surface area contributed by atoms with E-state index in [-0.39, 0.29) is 5.91 Å². The van der Waals surface area contributed by atoms with Crippen molar-refractivity contribution in [3.8, 4) is 17.2 Å². The minimum Gasteiger partial charge on any atom is -0.493 e. The van der Waals surface area contributed by atoms with Crippen LogP contribution in [0.15, 0.2) is 30.3 Å². The summed E-state index contributed by atoms with van der Waals surface area (Å²) < 4.78 is 15.9. The first kappa shape index (κ1) is 17.7. The van der Waals surface area contributed by atoms with E-state index >= 15 is 0 Å². The molecule has 0 saturated heterocycles. The average molecular weight is 329 g/mol. The van der Waals surface area contributed by atoms with Crippen molar-refractivity contribution in [1.82, 2.24) is 0 Å². The quantitative estimate of drug-likeness (QED) is 0.875. The molecule has 0 aromatic heterocycles. The van der Waals surface area contributed by atoms with Crippen LogP contribution in [0.2, 0.25) is 0 Å². The summed E-state index contributed by atoms with van der Waals surface area (Å²) in [6.45, 7) is 4.04. The minimum absolute atomic E-state index is 0.231. The molecule has 0 aliphatic carbocycles. The third-order valence-corrected chi connectivity index (χ3v) is 3.89. The lowest BCUT2D eigenvalue weighted by atomic mass is 10.1. The number of carbonyl (C=O) groups excluding carboxylic acids is 1. The van der Waals surface area contributed by atoms with Crippen LogP contribution in [0.5, 0.6) is 17.2 Å². The van der Waals surface area contributed by atoms with Gasteiger partial charge in [-0.1, -0.05) is 19.1 Å². The Morgan fingerprint density at radius 2 is 1.62 bits per heavy atom. The number of carbonyl (C=O) groups is 1. The van der Waals surface area contributed by atoms with E-state index < -0.39 is 0 Å². The van der Waals surface area contributed by atoms with E-state index in [2.05, 4.69) is 18.3 Å². The number of methoxy groups -OCH3 is 3. The molecule has 2 aromatic rings. The lowest BCUT2D eigenvalue weighted by Crippen LogP contribution is -2.13. The van der Waals surface area contributed by atoms with E-state index in [1.54, 1.807) is 12.1 Å². The smallest absolute Gasteiger partial charge is 0.255 e. The van der Waals surface area contributed by atoms with E-state index in [9.17, 15) is 4.79 Å². The Bertz CT molecular complexity index is 715. The van der Waals surface area contributed by atoms with E-state index in [4.69, 9.17) is 14.2 Å². The molecule has 0 radical (unpaired) electrons. The standard InChI is InChI=1S/C19H23NO4/c1-6-13-8-7-12(2)15(9-13)20-19(21)14-10-16(22-3)18(24-5)17(11-14)23-4/h7-11H,6H2,1-5H3,(H,20,21). The van der Waals surface area contributed by atoms with E-state index in [1.165, 1.54) is 26.9 Å². The average Bonchev–Trinajstić information content (AvgIpc) is 2.61. The van der Waals surface area contributed by atoms with Crippen LogP contribution >= 0.6 is 0 Å². The van der Waals surface area contributed by atoms with Crippen molar-refractivity contribution in [2.45, 2.75) is 20.3 Å². The third kappa shape index (κ3) is 3.62. The summed E-state index contributed by atoms with van der Waals surface area (Å²) in [6.07, 6.45) is 0.910. The van der Waals surface area contributed by atoms with Crippen molar-refractivity contribution < 1.29 is 19.0 Å². The number of amides is 1. The summed E-state index contributed by atoms with van der Waals surface area (Å²) in [5.74, 6) is 1.12. The van der Waals surface area contributed by atoms with Crippen LogP contribution in [-0.2, 0) is 6.42 Å². The molecule has 0 aliphatic rings. The number of hydrogen-bond acceptors (Lipinski definition) is 4. The maximum Gasteiger partial charge on any atom is 0.255 e. The number of benzene rings is 2. The molecule has 0 aliphatic heterocycles. The van der Waals surface area contributed by atoms with Crippen LogP contribution in [0.3, 0.4) is 0 Å². The molecule has 0 atom stereocenters. The summed E-state index contributed by atoms with van der Waals surface area (Å²) in [5, 5.41) is 2.95. The van der Waals surface area contributed by atoms with Crippen LogP contribution in [0.25, 0.3) is 0 Å². The number of anilines is 1. The molecule has 0 heterocycles. The molecule has 0 spiro atoms. The van der Waals surface area contributed by atoms with Crippen molar-refractivity contribution in [2.75, 3.05) is 26.6 Å². The van der Waals surface area contributed by atoms with Gasteiger partial charge in [-0.05, 0) is 42.7 Å². The normalized spacial score (nSPS) is 10.2.